The van der Waals surface area contributed by atoms with Crippen LogP contribution in [0.4, 0.5) is 11.4 Å². The Morgan fingerprint density at radius 3 is 2.64 bits per heavy atom. The van der Waals surface area contributed by atoms with Crippen LogP contribution in [0.5, 0.6) is 0 Å². The molecule has 1 N–H and O–H groups in total. The van der Waals surface area contributed by atoms with Crippen molar-refractivity contribution in [3.63, 3.8) is 0 Å². The summed E-state index contributed by atoms with van der Waals surface area (Å²) in [6.07, 6.45) is 3.61. The van der Waals surface area contributed by atoms with Gasteiger partial charge in [-0.2, -0.15) is 0 Å². The van der Waals surface area contributed by atoms with Crippen molar-refractivity contribution in [1.82, 2.24) is 0 Å². The maximum absolute atomic E-state index is 12.3. The predicted octanol–water partition coefficient (Wildman–Crippen LogP) is 4.48. The van der Waals surface area contributed by atoms with Gasteiger partial charge in [0, 0.05) is 18.1 Å². The smallest absolute Gasteiger partial charge is 0.291 e. The van der Waals surface area contributed by atoms with E-state index in [2.05, 4.69) is 10.2 Å². The quantitative estimate of drug-likeness (QED) is 0.907. The minimum Gasteiger partial charge on any atom is -0.456 e. The molecule has 0 unspecified atom stereocenters. The van der Waals surface area contributed by atoms with Crippen LogP contribution in [-0.2, 0) is 0 Å². The van der Waals surface area contributed by atoms with Gasteiger partial charge in [0.15, 0.2) is 5.76 Å². The Morgan fingerprint density at radius 2 is 1.95 bits per heavy atom. The topological polar surface area (TPSA) is 45.5 Å². The summed E-state index contributed by atoms with van der Waals surface area (Å²) in [5, 5.41) is 3.52. The molecule has 1 aliphatic rings. The van der Waals surface area contributed by atoms with Crippen molar-refractivity contribution < 1.29 is 9.21 Å². The SMILES string of the molecule is Cc1ccc(C(=O)Nc2cc(Cl)ccc2N2CCCCC2)o1. The van der Waals surface area contributed by atoms with E-state index in [0.29, 0.717) is 16.5 Å². The zero-order valence-corrected chi connectivity index (χ0v) is 13.3. The number of anilines is 2. The first-order chi connectivity index (χ1) is 10.6. The zero-order valence-electron chi connectivity index (χ0n) is 12.6. The van der Waals surface area contributed by atoms with Gasteiger partial charge in [-0.25, -0.2) is 0 Å². The molecular formula is C17H19ClN2O2. The number of piperidine rings is 1. The Morgan fingerprint density at radius 1 is 1.18 bits per heavy atom. The highest BCUT2D eigenvalue weighted by Gasteiger charge is 2.18. The molecule has 1 aromatic carbocycles. The summed E-state index contributed by atoms with van der Waals surface area (Å²) in [7, 11) is 0. The van der Waals surface area contributed by atoms with E-state index < -0.39 is 0 Å². The molecule has 5 heteroatoms. The maximum atomic E-state index is 12.3. The van der Waals surface area contributed by atoms with Gasteiger partial charge in [-0.15, -0.1) is 0 Å². The molecule has 2 aromatic rings. The van der Waals surface area contributed by atoms with E-state index in [0.717, 1.165) is 24.5 Å². The number of nitrogens with one attached hydrogen (secondary N) is 1. The third-order valence-electron chi connectivity index (χ3n) is 3.87. The van der Waals surface area contributed by atoms with Gasteiger partial charge in [0.1, 0.15) is 5.76 Å². The fraction of sp³-hybridized carbons (Fsp3) is 0.353. The first-order valence-corrected chi connectivity index (χ1v) is 7.93. The van der Waals surface area contributed by atoms with Gasteiger partial charge in [-0.1, -0.05) is 11.6 Å². The predicted molar refractivity (Wildman–Crippen MR) is 88.9 cm³/mol. The zero-order chi connectivity index (χ0) is 15.5. The lowest BCUT2D eigenvalue weighted by molar-refractivity contribution is 0.0995. The average molecular weight is 319 g/mol. The Bertz CT molecular complexity index is 675. The van der Waals surface area contributed by atoms with Crippen molar-refractivity contribution >= 4 is 28.9 Å². The molecule has 1 saturated heterocycles. The summed E-state index contributed by atoms with van der Waals surface area (Å²) in [6, 6.07) is 9.07. The Hall–Kier alpha value is -1.94. The molecule has 0 spiro atoms. The normalized spacial score (nSPS) is 14.9. The average Bonchev–Trinajstić information content (AvgIpc) is 2.95. The van der Waals surface area contributed by atoms with Crippen molar-refractivity contribution in [1.29, 1.82) is 0 Å². The van der Waals surface area contributed by atoms with E-state index in [1.54, 1.807) is 18.2 Å². The van der Waals surface area contributed by atoms with E-state index in [9.17, 15) is 4.79 Å². The summed E-state index contributed by atoms with van der Waals surface area (Å²) in [4.78, 5) is 14.6. The number of halogens is 1. The Kier molecular flexibility index (Phi) is 4.39. The molecule has 0 bridgehead atoms. The highest BCUT2D eigenvalue weighted by molar-refractivity contribution is 6.31. The molecule has 1 aromatic heterocycles. The second-order valence-electron chi connectivity index (χ2n) is 5.57. The standard InChI is InChI=1S/C17H19ClN2O2/c1-12-5-8-16(22-12)17(21)19-14-11-13(18)6-7-15(14)20-9-3-2-4-10-20/h5-8,11H,2-4,9-10H2,1H3,(H,19,21). The van der Waals surface area contributed by atoms with Crippen LogP contribution in [0.25, 0.3) is 0 Å². The lowest BCUT2D eigenvalue weighted by Gasteiger charge is -2.30. The summed E-state index contributed by atoms with van der Waals surface area (Å²) in [5.74, 6) is 0.767. The largest absolute Gasteiger partial charge is 0.456 e. The molecular weight excluding hydrogens is 300 g/mol. The van der Waals surface area contributed by atoms with Crippen molar-refractivity contribution in [3.8, 4) is 0 Å². The van der Waals surface area contributed by atoms with E-state index >= 15 is 0 Å². The third-order valence-corrected chi connectivity index (χ3v) is 4.10. The molecule has 1 amide bonds. The number of hydrogen-bond acceptors (Lipinski definition) is 3. The lowest BCUT2D eigenvalue weighted by atomic mass is 10.1. The van der Waals surface area contributed by atoms with Crippen molar-refractivity contribution in [2.75, 3.05) is 23.3 Å². The van der Waals surface area contributed by atoms with Crippen molar-refractivity contribution in [3.05, 3.63) is 46.9 Å². The Labute approximate surface area is 135 Å². The first-order valence-electron chi connectivity index (χ1n) is 7.56. The molecule has 22 heavy (non-hydrogen) atoms. The summed E-state index contributed by atoms with van der Waals surface area (Å²) < 4.78 is 5.37. The van der Waals surface area contributed by atoms with Crippen molar-refractivity contribution in [2.24, 2.45) is 0 Å². The van der Waals surface area contributed by atoms with Crippen LogP contribution in [0, 0.1) is 6.92 Å². The van der Waals surface area contributed by atoms with Crippen LogP contribution in [-0.4, -0.2) is 19.0 Å². The second-order valence-corrected chi connectivity index (χ2v) is 6.01. The number of nitrogens with zero attached hydrogens (tertiary/aromatic N) is 1. The highest BCUT2D eigenvalue weighted by atomic mass is 35.5. The number of amides is 1. The van der Waals surface area contributed by atoms with Gasteiger partial charge in [-0.3, -0.25) is 4.79 Å². The first kappa shape index (κ1) is 15.0. The number of furan rings is 1. The van der Waals surface area contributed by atoms with Crippen LogP contribution in [0.2, 0.25) is 5.02 Å². The molecule has 2 heterocycles. The van der Waals surface area contributed by atoms with Gasteiger partial charge >= 0.3 is 0 Å². The van der Waals surface area contributed by atoms with E-state index in [4.69, 9.17) is 16.0 Å². The molecule has 0 radical (unpaired) electrons. The number of carbonyl (C=O) groups excluding carboxylic acids is 1. The van der Waals surface area contributed by atoms with Gasteiger partial charge in [-0.05, 0) is 56.5 Å². The number of hydrogen-bond donors (Lipinski definition) is 1. The van der Waals surface area contributed by atoms with Crippen LogP contribution < -0.4 is 10.2 Å². The molecule has 116 valence electrons. The fourth-order valence-electron chi connectivity index (χ4n) is 2.76. The minimum absolute atomic E-state index is 0.256. The lowest BCUT2D eigenvalue weighted by Crippen LogP contribution is -2.30. The molecule has 0 saturated carbocycles. The fourth-order valence-corrected chi connectivity index (χ4v) is 2.93. The molecule has 0 atom stereocenters. The second kappa shape index (κ2) is 6.44. The number of carbonyl (C=O) groups is 1. The maximum Gasteiger partial charge on any atom is 0.291 e. The number of rotatable bonds is 3. The van der Waals surface area contributed by atoms with E-state index in [1.807, 2.05) is 19.1 Å². The van der Waals surface area contributed by atoms with Crippen LogP contribution in [0.1, 0.15) is 35.6 Å². The molecule has 3 rings (SSSR count). The summed E-state index contributed by atoms with van der Waals surface area (Å²) in [6.45, 7) is 3.82. The number of benzene rings is 1. The number of aryl methyl sites for hydroxylation is 1. The summed E-state index contributed by atoms with van der Waals surface area (Å²) in [5.41, 5.74) is 1.74. The molecule has 1 aliphatic heterocycles. The van der Waals surface area contributed by atoms with Crippen LogP contribution in [0.15, 0.2) is 34.7 Å². The Balaban J connectivity index is 1.85. The minimum atomic E-state index is -0.256. The molecule has 1 fully saturated rings. The van der Waals surface area contributed by atoms with E-state index in [1.165, 1.54) is 19.3 Å². The van der Waals surface area contributed by atoms with Gasteiger partial charge in [0.2, 0.25) is 0 Å². The summed E-state index contributed by atoms with van der Waals surface area (Å²) >= 11 is 6.10. The van der Waals surface area contributed by atoms with Crippen LogP contribution in [0.3, 0.4) is 0 Å². The highest BCUT2D eigenvalue weighted by Crippen LogP contribution is 2.31. The van der Waals surface area contributed by atoms with Gasteiger partial charge < -0.3 is 14.6 Å². The third kappa shape index (κ3) is 3.28. The molecule has 0 aliphatic carbocycles. The molecule has 4 nitrogen and oxygen atoms in total. The van der Waals surface area contributed by atoms with Gasteiger partial charge in [0.05, 0.1) is 11.4 Å². The van der Waals surface area contributed by atoms with Crippen molar-refractivity contribution in [2.45, 2.75) is 26.2 Å². The van der Waals surface area contributed by atoms with Crippen LogP contribution >= 0.6 is 11.6 Å². The van der Waals surface area contributed by atoms with Gasteiger partial charge in [0.25, 0.3) is 5.91 Å². The van der Waals surface area contributed by atoms with E-state index in [-0.39, 0.29) is 5.91 Å². The monoisotopic (exact) mass is 318 g/mol.